The lowest BCUT2D eigenvalue weighted by Gasteiger charge is -2.14. The zero-order chi connectivity index (χ0) is 18.1. The summed E-state index contributed by atoms with van der Waals surface area (Å²) >= 11 is 1.02. The molecular formula is C14H9F4N3O2S. The molecule has 0 fully saturated rings. The Morgan fingerprint density at radius 1 is 1.38 bits per heavy atom. The second-order valence-electron chi connectivity index (χ2n) is 4.44. The van der Waals surface area contributed by atoms with E-state index in [1.54, 1.807) is 12.3 Å². The Morgan fingerprint density at radius 2 is 2.04 bits per heavy atom. The fourth-order valence-electron chi connectivity index (χ4n) is 1.97. The smallest absolute Gasteiger partial charge is 0.419 e. The number of nitrogens with one attached hydrogen (secondary N) is 1. The zero-order valence-corrected chi connectivity index (χ0v) is 13.1. The lowest BCUT2D eigenvalue weighted by Crippen LogP contribution is -2.15. The molecule has 0 radical (unpaired) electrons. The van der Waals surface area contributed by atoms with Crippen molar-refractivity contribution >= 4 is 11.8 Å². The first-order chi connectivity index (χ1) is 11.2. The van der Waals surface area contributed by atoms with E-state index >= 15 is 0 Å². The number of methoxy groups -OCH3 is 1. The van der Waals surface area contributed by atoms with Gasteiger partial charge in [-0.05, 0) is 12.3 Å². The number of alkyl halides is 3. The minimum absolute atomic E-state index is 0.0916. The molecule has 0 amide bonds. The number of ether oxygens (including phenoxy) is 1. The van der Waals surface area contributed by atoms with Gasteiger partial charge >= 0.3 is 6.18 Å². The third-order valence-corrected chi connectivity index (χ3v) is 3.63. The van der Waals surface area contributed by atoms with Crippen molar-refractivity contribution in [3.8, 4) is 23.1 Å². The van der Waals surface area contributed by atoms with Crippen molar-refractivity contribution in [1.29, 1.82) is 5.26 Å². The minimum Gasteiger partial charge on any atom is -0.496 e. The molecule has 1 aromatic heterocycles. The Hall–Kier alpha value is -2.54. The maximum atomic E-state index is 13.7. The lowest BCUT2D eigenvalue weighted by molar-refractivity contribution is -0.139. The van der Waals surface area contributed by atoms with Crippen LogP contribution >= 0.6 is 11.8 Å². The number of H-pyrrole nitrogens is 1. The highest BCUT2D eigenvalue weighted by atomic mass is 32.2. The molecule has 5 nitrogen and oxygen atoms in total. The summed E-state index contributed by atoms with van der Waals surface area (Å²) in [5.74, 6) is -1.81. The van der Waals surface area contributed by atoms with Crippen molar-refractivity contribution < 1.29 is 22.3 Å². The first-order valence-corrected chi connectivity index (χ1v) is 7.49. The van der Waals surface area contributed by atoms with E-state index in [4.69, 9.17) is 10.00 Å². The summed E-state index contributed by atoms with van der Waals surface area (Å²) in [6.45, 7) is 0. The number of rotatable bonds is 3. The van der Waals surface area contributed by atoms with Crippen LogP contribution in [0.2, 0.25) is 0 Å². The Bertz CT molecular complexity index is 887. The number of aromatic nitrogens is 2. The molecule has 2 rings (SSSR count). The molecule has 0 unspecified atom stereocenters. The van der Waals surface area contributed by atoms with Crippen LogP contribution in [0, 0.1) is 17.1 Å². The van der Waals surface area contributed by atoms with Gasteiger partial charge in [0.25, 0.3) is 5.56 Å². The molecule has 0 aliphatic rings. The van der Waals surface area contributed by atoms with Gasteiger partial charge in [0.15, 0.2) is 5.16 Å². The van der Waals surface area contributed by atoms with Gasteiger partial charge in [-0.15, -0.1) is 0 Å². The fraction of sp³-hybridized carbons (Fsp3) is 0.214. The van der Waals surface area contributed by atoms with E-state index in [-0.39, 0.29) is 22.2 Å². The number of hydrogen-bond donors (Lipinski definition) is 1. The highest BCUT2D eigenvalue weighted by Gasteiger charge is 2.36. The summed E-state index contributed by atoms with van der Waals surface area (Å²) in [5, 5.41) is 9.21. The van der Waals surface area contributed by atoms with Gasteiger partial charge in [0.05, 0.1) is 12.7 Å². The van der Waals surface area contributed by atoms with Crippen LogP contribution in [-0.2, 0) is 6.18 Å². The number of thioether (sulfide) groups is 1. The molecular weight excluding hydrogens is 350 g/mol. The second kappa shape index (κ2) is 6.52. The van der Waals surface area contributed by atoms with E-state index in [0.717, 1.165) is 18.9 Å². The average molecular weight is 359 g/mol. The predicted molar refractivity (Wildman–Crippen MR) is 78.3 cm³/mol. The van der Waals surface area contributed by atoms with Crippen molar-refractivity contribution in [2.24, 2.45) is 0 Å². The first kappa shape index (κ1) is 17.8. The molecule has 1 aromatic carbocycles. The van der Waals surface area contributed by atoms with Crippen LogP contribution in [0.25, 0.3) is 11.3 Å². The molecule has 24 heavy (non-hydrogen) atoms. The summed E-state index contributed by atoms with van der Waals surface area (Å²) < 4.78 is 57.4. The molecule has 0 aliphatic carbocycles. The van der Waals surface area contributed by atoms with E-state index in [1.807, 2.05) is 0 Å². The lowest BCUT2D eigenvalue weighted by atomic mass is 10.0. The SMILES string of the molecule is COc1cc(F)c(C(F)(F)F)cc1-c1nc(SC)[nH]c(=O)c1C#N. The summed E-state index contributed by atoms with van der Waals surface area (Å²) in [5.41, 5.74) is -3.47. The average Bonchev–Trinajstić information content (AvgIpc) is 2.52. The summed E-state index contributed by atoms with van der Waals surface area (Å²) in [4.78, 5) is 18.2. The quantitative estimate of drug-likeness (QED) is 0.517. The fourth-order valence-corrected chi connectivity index (χ4v) is 2.35. The van der Waals surface area contributed by atoms with Gasteiger partial charge in [0.1, 0.15) is 28.9 Å². The molecule has 0 atom stereocenters. The standard InChI is InChI=1S/C14H9F4N3O2S/c1-23-10-4-9(15)8(14(16,17)18)3-6(10)11-7(5-19)12(22)21-13(20-11)24-2/h3-4H,1-2H3,(H,20,21,22). The number of halogens is 4. The van der Waals surface area contributed by atoms with Crippen LogP contribution in [0.3, 0.4) is 0 Å². The summed E-state index contributed by atoms with van der Waals surface area (Å²) in [7, 11) is 1.13. The van der Waals surface area contributed by atoms with E-state index in [9.17, 15) is 22.4 Å². The highest BCUT2D eigenvalue weighted by Crippen LogP contribution is 2.39. The first-order valence-electron chi connectivity index (χ1n) is 6.26. The molecule has 126 valence electrons. The van der Waals surface area contributed by atoms with Gasteiger partial charge in [-0.1, -0.05) is 11.8 Å². The molecule has 10 heteroatoms. The normalized spacial score (nSPS) is 11.2. The third-order valence-electron chi connectivity index (χ3n) is 3.05. The molecule has 0 saturated heterocycles. The van der Waals surface area contributed by atoms with E-state index < -0.39 is 28.7 Å². The van der Waals surface area contributed by atoms with Crippen LogP contribution < -0.4 is 10.3 Å². The Kier molecular flexibility index (Phi) is 4.84. The molecule has 2 aromatic rings. The third kappa shape index (κ3) is 3.21. The predicted octanol–water partition coefficient (Wildman–Crippen LogP) is 3.20. The van der Waals surface area contributed by atoms with Crippen molar-refractivity contribution in [3.63, 3.8) is 0 Å². The Labute approximate surface area is 137 Å². The van der Waals surface area contributed by atoms with E-state index in [0.29, 0.717) is 12.1 Å². The molecule has 1 heterocycles. The number of benzene rings is 1. The number of nitrogens with zero attached hydrogens (tertiary/aromatic N) is 2. The van der Waals surface area contributed by atoms with Gasteiger partial charge in [-0.2, -0.15) is 18.4 Å². The summed E-state index contributed by atoms with van der Waals surface area (Å²) in [6.07, 6.45) is -3.38. The number of aromatic amines is 1. The maximum absolute atomic E-state index is 13.7. The van der Waals surface area contributed by atoms with Crippen molar-refractivity contribution in [2.75, 3.05) is 13.4 Å². The van der Waals surface area contributed by atoms with Gasteiger partial charge in [0.2, 0.25) is 0 Å². The van der Waals surface area contributed by atoms with Gasteiger partial charge < -0.3 is 9.72 Å². The van der Waals surface area contributed by atoms with Gasteiger partial charge in [0, 0.05) is 11.6 Å². The highest BCUT2D eigenvalue weighted by molar-refractivity contribution is 7.98. The van der Waals surface area contributed by atoms with Crippen LogP contribution in [-0.4, -0.2) is 23.3 Å². The largest absolute Gasteiger partial charge is 0.496 e. The Morgan fingerprint density at radius 3 is 2.54 bits per heavy atom. The van der Waals surface area contributed by atoms with Gasteiger partial charge in [-0.3, -0.25) is 4.79 Å². The Balaban J connectivity index is 2.89. The second-order valence-corrected chi connectivity index (χ2v) is 5.24. The van der Waals surface area contributed by atoms with Crippen molar-refractivity contribution in [3.05, 3.63) is 39.4 Å². The topological polar surface area (TPSA) is 78.8 Å². The van der Waals surface area contributed by atoms with Crippen LogP contribution in [0.15, 0.2) is 22.1 Å². The van der Waals surface area contributed by atoms with Crippen LogP contribution in [0.5, 0.6) is 5.75 Å². The van der Waals surface area contributed by atoms with Crippen molar-refractivity contribution in [2.45, 2.75) is 11.3 Å². The van der Waals surface area contributed by atoms with Crippen LogP contribution in [0.4, 0.5) is 17.6 Å². The van der Waals surface area contributed by atoms with E-state index in [2.05, 4.69) is 9.97 Å². The molecule has 0 spiro atoms. The number of hydrogen-bond acceptors (Lipinski definition) is 5. The monoisotopic (exact) mass is 359 g/mol. The van der Waals surface area contributed by atoms with Crippen LogP contribution in [0.1, 0.15) is 11.1 Å². The molecule has 1 N–H and O–H groups in total. The molecule has 0 aliphatic heterocycles. The van der Waals surface area contributed by atoms with Gasteiger partial charge in [-0.25, -0.2) is 9.37 Å². The molecule has 0 bridgehead atoms. The number of nitriles is 1. The maximum Gasteiger partial charge on any atom is 0.419 e. The summed E-state index contributed by atoms with van der Waals surface area (Å²) in [6, 6.07) is 2.61. The minimum atomic E-state index is -4.96. The molecule has 0 saturated carbocycles. The van der Waals surface area contributed by atoms with Crippen molar-refractivity contribution in [1.82, 2.24) is 9.97 Å². The zero-order valence-electron chi connectivity index (χ0n) is 12.3. The van der Waals surface area contributed by atoms with E-state index in [1.165, 1.54) is 0 Å².